The molecule has 2 amide bonds. The van der Waals surface area contributed by atoms with Crippen LogP contribution in [0.1, 0.15) is 27.2 Å². The van der Waals surface area contributed by atoms with Crippen molar-refractivity contribution in [3.63, 3.8) is 0 Å². The molecule has 6 atom stereocenters. The minimum atomic E-state index is -1.15. The molecule has 0 aromatic heterocycles. The Morgan fingerprint density at radius 2 is 1.94 bits per heavy atom. The first-order chi connectivity index (χ1) is 15.1. The Bertz CT molecular complexity index is 871. The van der Waals surface area contributed by atoms with Gasteiger partial charge in [-0.3, -0.25) is 15.0 Å². The maximum absolute atomic E-state index is 13.2. The number of carbonyl (C=O) groups is 3. The number of piperazine rings is 1. The van der Waals surface area contributed by atoms with Crippen molar-refractivity contribution in [2.45, 2.75) is 50.6 Å². The number of β-lactam (4-membered cyclic amide) rings is 1. The van der Waals surface area contributed by atoms with E-state index in [0.29, 0.717) is 36.8 Å². The van der Waals surface area contributed by atoms with Crippen LogP contribution in [-0.4, -0.2) is 105 Å². The number of amidine groups is 1. The number of fused-ring (bicyclic) bond motifs is 1. The molecule has 0 bridgehead atoms. The Morgan fingerprint density at radius 3 is 2.50 bits per heavy atom. The van der Waals surface area contributed by atoms with E-state index in [1.807, 2.05) is 11.8 Å². The van der Waals surface area contributed by atoms with Gasteiger partial charge >= 0.3 is 5.97 Å². The summed E-state index contributed by atoms with van der Waals surface area (Å²) in [5.41, 5.74) is 0.00408. The van der Waals surface area contributed by atoms with Gasteiger partial charge in [-0.05, 0) is 20.3 Å². The second kappa shape index (κ2) is 8.68. The molecule has 4 heterocycles. The van der Waals surface area contributed by atoms with E-state index in [1.165, 1.54) is 16.7 Å². The topological polar surface area (TPSA) is 137 Å². The molecule has 32 heavy (non-hydrogen) atoms. The highest BCUT2D eigenvalue weighted by Gasteiger charge is 2.60. The fourth-order valence-electron chi connectivity index (χ4n) is 5.44. The van der Waals surface area contributed by atoms with Crippen LogP contribution >= 0.6 is 11.8 Å². The summed E-state index contributed by atoms with van der Waals surface area (Å²) in [6.45, 7) is 8.39. The first kappa shape index (κ1) is 23.1. The molecule has 0 aromatic carbocycles. The Balaban J connectivity index is 1.54. The molecule has 3 fully saturated rings. The molecule has 0 spiro atoms. The van der Waals surface area contributed by atoms with Crippen LogP contribution in [0, 0.1) is 17.2 Å². The second-order valence-corrected chi connectivity index (χ2v) is 10.4. The highest BCUT2D eigenvalue weighted by atomic mass is 32.2. The minimum Gasteiger partial charge on any atom is -0.477 e. The fourth-order valence-corrected chi connectivity index (χ4v) is 6.97. The number of nitrogens with zero attached hydrogens (tertiary/aromatic N) is 3. The molecule has 176 valence electrons. The van der Waals surface area contributed by atoms with Crippen molar-refractivity contribution < 1.29 is 24.6 Å². The number of likely N-dealkylation sites (tertiary alicyclic amines) is 1. The third-order valence-electron chi connectivity index (χ3n) is 7.01. The number of aliphatic hydroxyl groups is 1. The van der Waals surface area contributed by atoms with Crippen LogP contribution in [0.4, 0.5) is 0 Å². The number of rotatable bonds is 5. The smallest absolute Gasteiger partial charge is 0.353 e. The van der Waals surface area contributed by atoms with Gasteiger partial charge in [0.2, 0.25) is 11.8 Å². The van der Waals surface area contributed by atoms with Crippen molar-refractivity contribution >= 4 is 35.4 Å². The summed E-state index contributed by atoms with van der Waals surface area (Å²) in [5, 5.41) is 31.2. The largest absolute Gasteiger partial charge is 0.477 e. The molecule has 4 aliphatic rings. The van der Waals surface area contributed by atoms with Crippen molar-refractivity contribution in [2.24, 2.45) is 11.8 Å². The first-order valence-corrected chi connectivity index (χ1v) is 12.0. The van der Waals surface area contributed by atoms with Crippen LogP contribution in [0.2, 0.25) is 0 Å². The van der Waals surface area contributed by atoms with Crippen LogP contribution in [0.25, 0.3) is 0 Å². The summed E-state index contributed by atoms with van der Waals surface area (Å²) >= 11 is 1.41. The average Bonchev–Trinajstić information content (AvgIpc) is 3.26. The van der Waals surface area contributed by atoms with Crippen LogP contribution in [-0.2, 0) is 14.4 Å². The van der Waals surface area contributed by atoms with Crippen molar-refractivity contribution in [3.05, 3.63) is 10.6 Å². The molecule has 0 radical (unpaired) electrons. The zero-order valence-electron chi connectivity index (χ0n) is 18.6. The van der Waals surface area contributed by atoms with Gasteiger partial charge in [-0.25, -0.2) is 4.79 Å². The molecule has 1 unspecified atom stereocenters. The summed E-state index contributed by atoms with van der Waals surface area (Å²) in [4.78, 5) is 43.4. The van der Waals surface area contributed by atoms with Crippen molar-refractivity contribution in [3.8, 4) is 0 Å². The van der Waals surface area contributed by atoms with E-state index in [4.69, 9.17) is 5.41 Å². The van der Waals surface area contributed by atoms with E-state index in [2.05, 4.69) is 5.32 Å². The summed E-state index contributed by atoms with van der Waals surface area (Å²) in [6, 6.07) is -0.783. The summed E-state index contributed by atoms with van der Waals surface area (Å²) in [5.74, 6) is -1.96. The zero-order chi connectivity index (χ0) is 23.3. The predicted octanol–water partition coefficient (Wildman–Crippen LogP) is -0.255. The first-order valence-electron chi connectivity index (χ1n) is 11.1. The molecule has 10 nitrogen and oxygen atoms in total. The summed E-state index contributed by atoms with van der Waals surface area (Å²) < 4.78 is 0. The van der Waals surface area contributed by atoms with Gasteiger partial charge in [0, 0.05) is 48.8 Å². The molecule has 4 rings (SSSR count). The summed E-state index contributed by atoms with van der Waals surface area (Å²) in [7, 11) is 0. The maximum Gasteiger partial charge on any atom is 0.353 e. The van der Waals surface area contributed by atoms with Gasteiger partial charge in [-0.2, -0.15) is 0 Å². The Kier molecular flexibility index (Phi) is 6.25. The second-order valence-electron chi connectivity index (χ2n) is 9.08. The number of carboxylic acid groups (broad SMARTS) is 1. The lowest BCUT2D eigenvalue weighted by atomic mass is 9.79. The van der Waals surface area contributed by atoms with Crippen LogP contribution in [0.5, 0.6) is 0 Å². The molecule has 0 aromatic rings. The predicted molar refractivity (Wildman–Crippen MR) is 119 cm³/mol. The van der Waals surface area contributed by atoms with E-state index < -0.39 is 24.0 Å². The normalized spacial score (nSPS) is 33.3. The van der Waals surface area contributed by atoms with E-state index >= 15 is 0 Å². The van der Waals surface area contributed by atoms with Gasteiger partial charge in [0.1, 0.15) is 11.7 Å². The highest BCUT2D eigenvalue weighted by Crippen LogP contribution is 2.52. The number of nitrogens with one attached hydrogen (secondary N) is 2. The van der Waals surface area contributed by atoms with E-state index in [-0.39, 0.29) is 34.7 Å². The third-order valence-corrected chi connectivity index (χ3v) is 8.51. The molecule has 11 heteroatoms. The molecule has 3 saturated heterocycles. The van der Waals surface area contributed by atoms with Gasteiger partial charge in [-0.1, -0.05) is 6.92 Å². The van der Waals surface area contributed by atoms with E-state index in [1.54, 1.807) is 18.7 Å². The fraction of sp³-hybridized carbons (Fsp3) is 0.714. The number of aliphatic hydroxyl groups excluding tert-OH is 1. The number of amides is 2. The maximum atomic E-state index is 13.2. The Labute approximate surface area is 191 Å². The van der Waals surface area contributed by atoms with Gasteiger partial charge in [0.15, 0.2) is 0 Å². The Morgan fingerprint density at radius 1 is 1.28 bits per heavy atom. The SMILES string of the molecule is CC(=N)N1C[C@@H](SC2=C(C(=O)O)N3C(=O)[C@H](C(C)O)[C@H]3[C@H]2C)C[C@H]1C(=O)N1CCNCC1. The monoisotopic (exact) mass is 465 g/mol. The van der Waals surface area contributed by atoms with Crippen molar-refractivity contribution in [2.75, 3.05) is 32.7 Å². The van der Waals surface area contributed by atoms with Gasteiger partial charge in [0.25, 0.3) is 0 Å². The van der Waals surface area contributed by atoms with Gasteiger partial charge in [-0.15, -0.1) is 11.8 Å². The number of carbonyl (C=O) groups excluding carboxylic acids is 2. The highest BCUT2D eigenvalue weighted by molar-refractivity contribution is 8.03. The number of hydrogen-bond acceptors (Lipinski definition) is 7. The average molecular weight is 466 g/mol. The number of aliphatic carboxylic acids is 1. The quantitative estimate of drug-likeness (QED) is 0.248. The minimum absolute atomic E-state index is 0.00408. The van der Waals surface area contributed by atoms with Crippen LogP contribution in [0.3, 0.4) is 0 Å². The lowest BCUT2D eigenvalue weighted by molar-refractivity contribution is -0.163. The van der Waals surface area contributed by atoms with Gasteiger partial charge < -0.3 is 30.2 Å². The number of carboxylic acids is 1. The van der Waals surface area contributed by atoms with E-state index in [0.717, 1.165) is 13.1 Å². The van der Waals surface area contributed by atoms with Crippen LogP contribution in [0.15, 0.2) is 10.6 Å². The molecule has 4 aliphatic heterocycles. The van der Waals surface area contributed by atoms with Crippen molar-refractivity contribution in [1.29, 1.82) is 5.41 Å². The van der Waals surface area contributed by atoms with Crippen LogP contribution < -0.4 is 5.32 Å². The Hall–Kier alpha value is -2.11. The van der Waals surface area contributed by atoms with Crippen molar-refractivity contribution in [1.82, 2.24) is 20.0 Å². The lowest BCUT2D eigenvalue weighted by Crippen LogP contribution is -2.63. The zero-order valence-corrected chi connectivity index (χ0v) is 19.4. The molecule has 0 aliphatic carbocycles. The standard InChI is InChI=1S/C21H31N5O5S/c1-10-16-15(11(2)27)20(29)26(16)17(21(30)31)18(10)32-13-8-14(25(9-13)12(3)22)19(28)24-6-4-23-5-7-24/h10-11,13-16,22-23,27H,4-9H2,1-3H3,(H,30,31)/t10-,11?,13+,14+,15-,16-/m1/s1. The number of thioether (sulfide) groups is 1. The molecular formula is C21H31N5O5S. The molecule has 0 saturated carbocycles. The number of hydrogen-bond donors (Lipinski definition) is 4. The van der Waals surface area contributed by atoms with E-state index in [9.17, 15) is 24.6 Å². The third kappa shape index (κ3) is 3.69. The van der Waals surface area contributed by atoms with Gasteiger partial charge in [0.05, 0.1) is 23.9 Å². The molecular weight excluding hydrogens is 434 g/mol. The lowest BCUT2D eigenvalue weighted by Gasteiger charge is -2.46. The molecule has 4 N–H and O–H groups in total. The summed E-state index contributed by atoms with van der Waals surface area (Å²) in [6.07, 6.45) is -0.320.